The van der Waals surface area contributed by atoms with Crippen LogP contribution in [0.2, 0.25) is 0 Å². The van der Waals surface area contributed by atoms with E-state index in [2.05, 4.69) is 18.2 Å². The molecule has 0 spiro atoms. The molecular formula is C13H17NO2. The van der Waals surface area contributed by atoms with Gasteiger partial charge in [0.05, 0.1) is 6.61 Å². The molecule has 1 aromatic rings. The van der Waals surface area contributed by atoms with E-state index in [1.54, 1.807) is 4.90 Å². The van der Waals surface area contributed by atoms with Gasteiger partial charge < -0.3 is 9.64 Å². The lowest BCUT2D eigenvalue weighted by Crippen LogP contribution is -2.31. The summed E-state index contributed by atoms with van der Waals surface area (Å²) in [6.45, 7) is 3.74. The number of carbonyl (C=O) groups excluding carboxylic acids is 1. The molecule has 0 saturated heterocycles. The van der Waals surface area contributed by atoms with E-state index in [-0.39, 0.29) is 6.09 Å². The number of ether oxygens (including phenoxy) is 1. The fourth-order valence-corrected chi connectivity index (χ4v) is 2.07. The van der Waals surface area contributed by atoms with Crippen molar-refractivity contribution in [1.29, 1.82) is 0 Å². The van der Waals surface area contributed by atoms with Gasteiger partial charge in [0.2, 0.25) is 0 Å². The molecule has 2 rings (SSSR count). The van der Waals surface area contributed by atoms with Crippen molar-refractivity contribution in [2.75, 3.05) is 13.2 Å². The van der Waals surface area contributed by atoms with Gasteiger partial charge in [-0.05, 0) is 30.9 Å². The lowest BCUT2D eigenvalue weighted by Gasteiger charge is -2.19. The Hall–Kier alpha value is -1.51. The smallest absolute Gasteiger partial charge is 0.410 e. The predicted molar refractivity (Wildman–Crippen MR) is 62.2 cm³/mol. The minimum Gasteiger partial charge on any atom is -0.450 e. The molecule has 0 radical (unpaired) electrons. The predicted octanol–water partition coefficient (Wildman–Crippen LogP) is 2.59. The summed E-state index contributed by atoms with van der Waals surface area (Å²) in [5, 5.41) is 0. The number of rotatable bonds is 1. The van der Waals surface area contributed by atoms with Crippen molar-refractivity contribution in [3.63, 3.8) is 0 Å². The first-order valence-electron chi connectivity index (χ1n) is 5.79. The van der Waals surface area contributed by atoms with Gasteiger partial charge in [-0.15, -0.1) is 0 Å². The van der Waals surface area contributed by atoms with E-state index in [4.69, 9.17) is 4.74 Å². The zero-order valence-corrected chi connectivity index (χ0v) is 9.61. The van der Waals surface area contributed by atoms with E-state index in [0.717, 1.165) is 19.4 Å². The van der Waals surface area contributed by atoms with Crippen molar-refractivity contribution in [1.82, 2.24) is 4.90 Å². The Morgan fingerprint density at radius 1 is 1.38 bits per heavy atom. The number of carbonyl (C=O) groups is 1. The molecule has 1 aliphatic rings. The third kappa shape index (κ3) is 2.35. The largest absolute Gasteiger partial charge is 0.450 e. The second kappa shape index (κ2) is 5.01. The highest BCUT2D eigenvalue weighted by Gasteiger charge is 2.19. The number of hydrogen-bond acceptors (Lipinski definition) is 2. The Kier molecular flexibility index (Phi) is 3.44. The maximum atomic E-state index is 11.7. The van der Waals surface area contributed by atoms with E-state index in [9.17, 15) is 4.79 Å². The quantitative estimate of drug-likeness (QED) is 0.726. The highest BCUT2D eigenvalue weighted by Crippen LogP contribution is 2.18. The molecule has 1 heterocycles. The highest BCUT2D eigenvalue weighted by molar-refractivity contribution is 5.67. The number of fused-ring (bicyclic) bond motifs is 1. The summed E-state index contributed by atoms with van der Waals surface area (Å²) in [6.07, 6.45) is 1.86. The minimum atomic E-state index is -0.195. The lowest BCUT2D eigenvalue weighted by molar-refractivity contribution is 0.105. The molecule has 1 amide bonds. The molecule has 1 aromatic carbocycles. The molecule has 0 unspecified atom stereocenters. The number of aryl methyl sites for hydroxylation is 1. The lowest BCUT2D eigenvalue weighted by atomic mass is 10.0. The minimum absolute atomic E-state index is 0.195. The van der Waals surface area contributed by atoms with Crippen molar-refractivity contribution in [3.8, 4) is 0 Å². The molecule has 86 valence electrons. The SMILES string of the molecule is CCOC(=O)N1CCCc2ccccc2C1. The summed E-state index contributed by atoms with van der Waals surface area (Å²) >= 11 is 0. The van der Waals surface area contributed by atoms with Gasteiger partial charge in [0.15, 0.2) is 0 Å². The summed E-state index contributed by atoms with van der Waals surface area (Å²) in [4.78, 5) is 13.5. The average Bonchev–Trinajstić information content (AvgIpc) is 2.51. The highest BCUT2D eigenvalue weighted by atomic mass is 16.6. The first-order valence-corrected chi connectivity index (χ1v) is 5.79. The van der Waals surface area contributed by atoms with E-state index in [0.29, 0.717) is 13.2 Å². The summed E-state index contributed by atoms with van der Waals surface area (Å²) in [6, 6.07) is 8.31. The molecule has 0 bridgehead atoms. The maximum Gasteiger partial charge on any atom is 0.410 e. The monoisotopic (exact) mass is 219 g/mol. The van der Waals surface area contributed by atoms with Crippen LogP contribution >= 0.6 is 0 Å². The molecule has 0 aromatic heterocycles. The van der Waals surface area contributed by atoms with Crippen LogP contribution in [0.4, 0.5) is 4.79 Å². The van der Waals surface area contributed by atoms with Gasteiger partial charge in [-0.1, -0.05) is 24.3 Å². The standard InChI is InChI=1S/C13H17NO2/c1-2-16-13(15)14-9-5-8-11-6-3-4-7-12(11)10-14/h3-4,6-7H,2,5,8-10H2,1H3. The summed E-state index contributed by atoms with van der Waals surface area (Å²) < 4.78 is 5.04. The zero-order valence-electron chi connectivity index (χ0n) is 9.61. The number of benzene rings is 1. The van der Waals surface area contributed by atoms with E-state index in [1.807, 2.05) is 13.0 Å². The van der Waals surface area contributed by atoms with Crippen molar-refractivity contribution < 1.29 is 9.53 Å². The summed E-state index contributed by atoms with van der Waals surface area (Å²) in [5.41, 5.74) is 2.60. The van der Waals surface area contributed by atoms with E-state index >= 15 is 0 Å². The summed E-state index contributed by atoms with van der Waals surface area (Å²) in [7, 11) is 0. The first-order chi connectivity index (χ1) is 7.81. The van der Waals surface area contributed by atoms with Crippen LogP contribution in [0.5, 0.6) is 0 Å². The van der Waals surface area contributed by atoms with E-state index in [1.165, 1.54) is 11.1 Å². The zero-order chi connectivity index (χ0) is 11.4. The fourth-order valence-electron chi connectivity index (χ4n) is 2.07. The van der Waals surface area contributed by atoms with Gasteiger partial charge in [0.25, 0.3) is 0 Å². The molecule has 0 fully saturated rings. The van der Waals surface area contributed by atoms with E-state index < -0.39 is 0 Å². The second-order valence-corrected chi connectivity index (χ2v) is 3.99. The molecule has 16 heavy (non-hydrogen) atoms. The maximum absolute atomic E-state index is 11.7. The van der Waals surface area contributed by atoms with Crippen molar-refractivity contribution >= 4 is 6.09 Å². The first kappa shape index (κ1) is 11.0. The van der Waals surface area contributed by atoms with Crippen LogP contribution in [0.1, 0.15) is 24.5 Å². The Morgan fingerprint density at radius 2 is 2.12 bits per heavy atom. The molecule has 3 nitrogen and oxygen atoms in total. The second-order valence-electron chi connectivity index (χ2n) is 3.99. The molecular weight excluding hydrogens is 202 g/mol. The van der Waals surface area contributed by atoms with Crippen molar-refractivity contribution in [2.24, 2.45) is 0 Å². The van der Waals surface area contributed by atoms with Crippen LogP contribution in [0.3, 0.4) is 0 Å². The topological polar surface area (TPSA) is 29.5 Å². The normalized spacial score (nSPS) is 15.2. The molecule has 0 aliphatic carbocycles. The molecule has 0 N–H and O–H groups in total. The molecule has 3 heteroatoms. The third-order valence-corrected chi connectivity index (χ3v) is 2.88. The van der Waals surface area contributed by atoms with Crippen molar-refractivity contribution in [3.05, 3.63) is 35.4 Å². The Balaban J connectivity index is 2.13. The van der Waals surface area contributed by atoms with Crippen LogP contribution in [0.25, 0.3) is 0 Å². The average molecular weight is 219 g/mol. The van der Waals surface area contributed by atoms with Gasteiger partial charge >= 0.3 is 6.09 Å². The van der Waals surface area contributed by atoms with Crippen LogP contribution in [-0.4, -0.2) is 24.1 Å². The van der Waals surface area contributed by atoms with Gasteiger partial charge in [-0.25, -0.2) is 4.79 Å². The van der Waals surface area contributed by atoms with Crippen LogP contribution in [-0.2, 0) is 17.7 Å². The Bertz CT molecular complexity index is 376. The van der Waals surface area contributed by atoms with Crippen LogP contribution < -0.4 is 0 Å². The number of amides is 1. The number of nitrogens with zero attached hydrogens (tertiary/aromatic N) is 1. The Labute approximate surface area is 96.0 Å². The molecule has 1 aliphatic heterocycles. The number of hydrogen-bond donors (Lipinski definition) is 0. The van der Waals surface area contributed by atoms with Gasteiger partial charge in [-0.3, -0.25) is 0 Å². The van der Waals surface area contributed by atoms with Crippen LogP contribution in [0, 0.1) is 0 Å². The van der Waals surface area contributed by atoms with Gasteiger partial charge in [0, 0.05) is 13.1 Å². The van der Waals surface area contributed by atoms with Crippen LogP contribution in [0.15, 0.2) is 24.3 Å². The third-order valence-electron chi connectivity index (χ3n) is 2.88. The fraction of sp³-hybridized carbons (Fsp3) is 0.462. The van der Waals surface area contributed by atoms with Gasteiger partial charge in [0.1, 0.15) is 0 Å². The van der Waals surface area contributed by atoms with Crippen molar-refractivity contribution in [2.45, 2.75) is 26.3 Å². The summed E-state index contributed by atoms with van der Waals surface area (Å²) in [5.74, 6) is 0. The van der Waals surface area contributed by atoms with Gasteiger partial charge in [-0.2, -0.15) is 0 Å². The Morgan fingerprint density at radius 3 is 2.88 bits per heavy atom. The molecule has 0 saturated carbocycles. The molecule has 0 atom stereocenters.